The molecular formula is C21H32FN5O. The van der Waals surface area contributed by atoms with Crippen molar-refractivity contribution in [2.45, 2.75) is 32.2 Å². The lowest BCUT2D eigenvalue weighted by molar-refractivity contribution is -0.135. The van der Waals surface area contributed by atoms with Crippen molar-refractivity contribution >= 4 is 11.9 Å². The molecule has 0 aliphatic carbocycles. The van der Waals surface area contributed by atoms with E-state index in [-0.39, 0.29) is 17.8 Å². The van der Waals surface area contributed by atoms with Gasteiger partial charge in [-0.15, -0.1) is 0 Å². The first kappa shape index (κ1) is 20.6. The molecule has 0 bridgehead atoms. The second kappa shape index (κ2) is 9.87. The molecule has 6 nitrogen and oxygen atoms in total. The predicted octanol–water partition coefficient (Wildman–Crippen LogP) is 1.57. The van der Waals surface area contributed by atoms with E-state index in [9.17, 15) is 9.18 Å². The molecule has 0 saturated carbocycles. The summed E-state index contributed by atoms with van der Waals surface area (Å²) >= 11 is 0. The maximum absolute atomic E-state index is 13.0. The molecule has 1 amide bonds. The van der Waals surface area contributed by atoms with Gasteiger partial charge in [-0.25, -0.2) is 4.39 Å². The van der Waals surface area contributed by atoms with Gasteiger partial charge in [0.1, 0.15) is 5.82 Å². The number of piperazine rings is 1. The van der Waals surface area contributed by atoms with Gasteiger partial charge in [-0.2, -0.15) is 0 Å². The Hall–Kier alpha value is -2.15. The standard InChI is InChI=1S/C21H32FN5O/c1-17(20(28)26-11-3-4-12-26)25-13-15-27(16-14-25)21(23-2)24-10-9-18-5-7-19(22)8-6-18/h5-8,17H,3-4,9-16H2,1-2H3,(H,23,24). The van der Waals surface area contributed by atoms with E-state index in [2.05, 4.69) is 20.1 Å². The van der Waals surface area contributed by atoms with Crippen molar-refractivity contribution in [2.75, 3.05) is 52.9 Å². The second-order valence-electron chi connectivity index (χ2n) is 7.58. The number of carbonyl (C=O) groups excluding carboxylic acids is 1. The van der Waals surface area contributed by atoms with E-state index in [0.717, 1.165) is 76.6 Å². The molecule has 2 fully saturated rings. The Morgan fingerprint density at radius 2 is 1.71 bits per heavy atom. The van der Waals surface area contributed by atoms with Crippen molar-refractivity contribution < 1.29 is 9.18 Å². The summed E-state index contributed by atoms with van der Waals surface area (Å²) in [5.74, 6) is 0.955. The average Bonchev–Trinajstić information content (AvgIpc) is 3.26. The third-order valence-electron chi connectivity index (χ3n) is 5.76. The van der Waals surface area contributed by atoms with Crippen molar-refractivity contribution in [3.8, 4) is 0 Å². The van der Waals surface area contributed by atoms with Crippen LogP contribution in [0, 0.1) is 5.82 Å². The van der Waals surface area contributed by atoms with Crippen LogP contribution in [0.25, 0.3) is 0 Å². The number of carbonyl (C=O) groups is 1. The van der Waals surface area contributed by atoms with Gasteiger partial charge in [0, 0.05) is 52.9 Å². The van der Waals surface area contributed by atoms with Crippen LogP contribution in [0.3, 0.4) is 0 Å². The number of amides is 1. The Labute approximate surface area is 167 Å². The van der Waals surface area contributed by atoms with Crippen molar-refractivity contribution in [3.63, 3.8) is 0 Å². The third-order valence-corrected chi connectivity index (χ3v) is 5.76. The number of nitrogens with one attached hydrogen (secondary N) is 1. The second-order valence-corrected chi connectivity index (χ2v) is 7.58. The highest BCUT2D eigenvalue weighted by atomic mass is 19.1. The number of guanidine groups is 1. The normalized spacial score (nSPS) is 19.8. The van der Waals surface area contributed by atoms with Gasteiger partial charge in [0.15, 0.2) is 5.96 Å². The summed E-state index contributed by atoms with van der Waals surface area (Å²) in [5.41, 5.74) is 1.10. The molecule has 2 heterocycles. The Bertz CT molecular complexity index is 664. The Balaban J connectivity index is 1.43. The molecule has 1 unspecified atom stereocenters. The van der Waals surface area contributed by atoms with Gasteiger partial charge in [0.05, 0.1) is 6.04 Å². The highest BCUT2D eigenvalue weighted by Crippen LogP contribution is 2.14. The first-order valence-electron chi connectivity index (χ1n) is 10.3. The minimum Gasteiger partial charge on any atom is -0.356 e. The van der Waals surface area contributed by atoms with Crippen LogP contribution >= 0.6 is 0 Å². The van der Waals surface area contributed by atoms with E-state index in [1.54, 1.807) is 7.05 Å². The molecule has 1 aromatic rings. The summed E-state index contributed by atoms with van der Waals surface area (Å²) < 4.78 is 13.0. The SMILES string of the molecule is CN=C(NCCc1ccc(F)cc1)N1CCN(C(C)C(=O)N2CCCC2)CC1. The highest BCUT2D eigenvalue weighted by molar-refractivity contribution is 5.82. The number of nitrogens with zero attached hydrogens (tertiary/aromatic N) is 4. The van der Waals surface area contributed by atoms with Gasteiger partial charge in [-0.05, 0) is 43.9 Å². The predicted molar refractivity (Wildman–Crippen MR) is 110 cm³/mol. The maximum Gasteiger partial charge on any atom is 0.239 e. The van der Waals surface area contributed by atoms with Crippen LogP contribution in [0.15, 0.2) is 29.3 Å². The minimum atomic E-state index is -0.206. The van der Waals surface area contributed by atoms with Gasteiger partial charge in [0.25, 0.3) is 0 Å². The summed E-state index contributed by atoms with van der Waals surface area (Å²) in [4.78, 5) is 23.6. The lowest BCUT2D eigenvalue weighted by Gasteiger charge is -2.39. The maximum atomic E-state index is 13.0. The van der Waals surface area contributed by atoms with E-state index in [1.807, 2.05) is 24.0 Å². The van der Waals surface area contributed by atoms with Gasteiger partial charge in [-0.3, -0.25) is 14.7 Å². The molecule has 2 aliphatic rings. The van der Waals surface area contributed by atoms with Gasteiger partial charge < -0.3 is 15.1 Å². The van der Waals surface area contributed by atoms with Crippen LogP contribution in [0.2, 0.25) is 0 Å². The zero-order valence-corrected chi connectivity index (χ0v) is 17.0. The van der Waals surface area contributed by atoms with Crippen LogP contribution in [0.1, 0.15) is 25.3 Å². The Kier molecular flexibility index (Phi) is 7.25. The molecule has 0 radical (unpaired) electrons. The Morgan fingerprint density at radius 3 is 2.32 bits per heavy atom. The number of rotatable bonds is 5. The summed E-state index contributed by atoms with van der Waals surface area (Å²) in [6.45, 7) is 8.04. The van der Waals surface area contributed by atoms with Crippen LogP contribution < -0.4 is 5.32 Å². The first-order valence-corrected chi connectivity index (χ1v) is 10.3. The quantitative estimate of drug-likeness (QED) is 0.614. The van der Waals surface area contributed by atoms with Crippen molar-refractivity contribution in [3.05, 3.63) is 35.6 Å². The van der Waals surface area contributed by atoms with Crippen LogP contribution in [0.4, 0.5) is 4.39 Å². The van der Waals surface area contributed by atoms with Gasteiger partial charge in [0.2, 0.25) is 5.91 Å². The summed E-state index contributed by atoms with van der Waals surface area (Å²) in [6.07, 6.45) is 3.08. The molecule has 3 rings (SSSR count). The number of halogens is 1. The molecule has 0 aromatic heterocycles. The van der Waals surface area contributed by atoms with Gasteiger partial charge in [-0.1, -0.05) is 12.1 Å². The largest absolute Gasteiger partial charge is 0.356 e. The lowest BCUT2D eigenvalue weighted by atomic mass is 10.1. The number of likely N-dealkylation sites (tertiary alicyclic amines) is 1. The molecule has 1 aromatic carbocycles. The van der Waals surface area contributed by atoms with Gasteiger partial charge >= 0.3 is 0 Å². The fourth-order valence-corrected chi connectivity index (χ4v) is 3.98. The average molecular weight is 390 g/mol. The summed E-state index contributed by atoms with van der Waals surface area (Å²) in [6, 6.07) is 6.57. The molecule has 154 valence electrons. The van der Waals surface area contributed by atoms with Crippen molar-refractivity contribution in [2.24, 2.45) is 4.99 Å². The van der Waals surface area contributed by atoms with E-state index in [1.165, 1.54) is 12.1 Å². The summed E-state index contributed by atoms with van der Waals surface area (Å²) in [5, 5.41) is 3.40. The first-order chi connectivity index (χ1) is 13.6. The van der Waals surface area contributed by atoms with Crippen molar-refractivity contribution in [1.29, 1.82) is 0 Å². The monoisotopic (exact) mass is 389 g/mol. The molecule has 0 spiro atoms. The zero-order chi connectivity index (χ0) is 19.9. The van der Waals surface area contributed by atoms with Crippen LogP contribution in [-0.4, -0.2) is 85.5 Å². The molecule has 2 aliphatic heterocycles. The third kappa shape index (κ3) is 5.22. The smallest absolute Gasteiger partial charge is 0.239 e. The Morgan fingerprint density at radius 1 is 1.07 bits per heavy atom. The topological polar surface area (TPSA) is 51.2 Å². The van der Waals surface area contributed by atoms with Crippen molar-refractivity contribution in [1.82, 2.24) is 20.0 Å². The number of aliphatic imine (C=N–C) groups is 1. The van der Waals surface area contributed by atoms with E-state index >= 15 is 0 Å². The van der Waals surface area contributed by atoms with E-state index in [0.29, 0.717) is 0 Å². The van der Waals surface area contributed by atoms with Crippen LogP contribution in [0.5, 0.6) is 0 Å². The molecular weight excluding hydrogens is 357 g/mol. The molecule has 2 saturated heterocycles. The highest BCUT2D eigenvalue weighted by Gasteiger charge is 2.30. The zero-order valence-electron chi connectivity index (χ0n) is 17.0. The number of benzene rings is 1. The fourth-order valence-electron chi connectivity index (χ4n) is 3.98. The minimum absolute atomic E-state index is 0.0475. The number of hydrogen-bond acceptors (Lipinski definition) is 3. The number of hydrogen-bond donors (Lipinski definition) is 1. The van der Waals surface area contributed by atoms with Crippen LogP contribution in [-0.2, 0) is 11.2 Å². The van der Waals surface area contributed by atoms with E-state index in [4.69, 9.17) is 0 Å². The fraction of sp³-hybridized carbons (Fsp3) is 0.619. The molecule has 1 atom stereocenters. The van der Waals surface area contributed by atoms with E-state index < -0.39 is 0 Å². The molecule has 1 N–H and O–H groups in total. The summed E-state index contributed by atoms with van der Waals surface area (Å²) in [7, 11) is 1.80. The molecule has 7 heteroatoms. The lowest BCUT2D eigenvalue weighted by Crippen LogP contribution is -2.57. The molecule has 28 heavy (non-hydrogen) atoms.